The number of hydrogen-bond acceptors (Lipinski definition) is 5. The number of sulfonamides is 1. The van der Waals surface area contributed by atoms with Gasteiger partial charge in [-0.05, 0) is 39.5 Å². The molecule has 1 atom stereocenters. The Kier molecular flexibility index (Phi) is 4.29. The fourth-order valence-electron chi connectivity index (χ4n) is 2.51. The van der Waals surface area contributed by atoms with E-state index in [4.69, 9.17) is 5.73 Å². The minimum atomic E-state index is -3.37. The van der Waals surface area contributed by atoms with Crippen molar-refractivity contribution in [3.63, 3.8) is 0 Å². The van der Waals surface area contributed by atoms with Gasteiger partial charge in [-0.1, -0.05) is 0 Å². The maximum atomic E-state index is 12.6. The topological polar surface area (TPSA) is 76.3 Å². The minimum absolute atomic E-state index is 0.136. The van der Waals surface area contributed by atoms with Crippen LogP contribution >= 0.6 is 11.3 Å². The molecule has 1 fully saturated rings. The maximum Gasteiger partial charge on any atom is 0.254 e. The summed E-state index contributed by atoms with van der Waals surface area (Å²) >= 11 is 1.26. The van der Waals surface area contributed by atoms with Gasteiger partial charge in [-0.2, -0.15) is 4.31 Å². The standard InChI is InChI=1S/C12H21N3O2S2/c1-8(13)11-4-6-15(7-5-11)19(16,17)12-9(2)14-10(3)18-12/h8,11H,4-7,13H2,1-3H3. The van der Waals surface area contributed by atoms with Gasteiger partial charge in [-0.25, -0.2) is 13.4 Å². The van der Waals surface area contributed by atoms with Crippen molar-refractivity contribution in [3.05, 3.63) is 10.7 Å². The molecule has 0 saturated carbocycles. The number of rotatable bonds is 3. The van der Waals surface area contributed by atoms with Crippen molar-refractivity contribution in [3.8, 4) is 0 Å². The van der Waals surface area contributed by atoms with E-state index < -0.39 is 10.0 Å². The highest BCUT2D eigenvalue weighted by molar-refractivity contribution is 7.91. The van der Waals surface area contributed by atoms with Crippen LogP contribution in [0, 0.1) is 19.8 Å². The number of aromatic nitrogens is 1. The number of nitrogens with zero attached hydrogens (tertiary/aromatic N) is 2. The molecule has 0 aromatic carbocycles. The van der Waals surface area contributed by atoms with Crippen LogP contribution in [0.5, 0.6) is 0 Å². The molecule has 1 aliphatic heterocycles. The zero-order chi connectivity index (χ0) is 14.2. The maximum absolute atomic E-state index is 12.6. The van der Waals surface area contributed by atoms with Gasteiger partial charge in [0.05, 0.1) is 10.7 Å². The second kappa shape index (κ2) is 5.47. The molecular formula is C12H21N3O2S2. The van der Waals surface area contributed by atoms with Gasteiger partial charge in [-0.15, -0.1) is 11.3 Å². The van der Waals surface area contributed by atoms with Gasteiger partial charge in [0.15, 0.2) is 4.21 Å². The van der Waals surface area contributed by atoms with E-state index in [-0.39, 0.29) is 6.04 Å². The Labute approximate surface area is 118 Å². The SMILES string of the molecule is Cc1nc(C)c(S(=O)(=O)N2CCC(C(C)N)CC2)s1. The first-order valence-electron chi connectivity index (χ1n) is 6.52. The molecule has 0 aliphatic carbocycles. The zero-order valence-corrected chi connectivity index (χ0v) is 13.2. The van der Waals surface area contributed by atoms with Crippen LogP contribution in [-0.4, -0.2) is 36.8 Å². The Bertz CT molecular complexity index is 543. The molecule has 108 valence electrons. The molecule has 0 spiro atoms. The second-order valence-corrected chi connectivity index (χ2v) is 8.54. The summed E-state index contributed by atoms with van der Waals surface area (Å²) in [5.74, 6) is 0.427. The van der Waals surface area contributed by atoms with Crippen molar-refractivity contribution in [1.82, 2.24) is 9.29 Å². The van der Waals surface area contributed by atoms with E-state index >= 15 is 0 Å². The van der Waals surface area contributed by atoms with Crippen molar-refractivity contribution >= 4 is 21.4 Å². The lowest BCUT2D eigenvalue weighted by atomic mass is 9.92. The molecule has 2 heterocycles. The van der Waals surface area contributed by atoms with E-state index in [1.54, 1.807) is 11.2 Å². The zero-order valence-electron chi connectivity index (χ0n) is 11.6. The van der Waals surface area contributed by atoms with Crippen molar-refractivity contribution in [2.45, 2.75) is 43.9 Å². The van der Waals surface area contributed by atoms with Crippen LogP contribution in [0.2, 0.25) is 0 Å². The van der Waals surface area contributed by atoms with Gasteiger partial charge in [-0.3, -0.25) is 0 Å². The molecule has 1 aliphatic rings. The van der Waals surface area contributed by atoms with E-state index in [2.05, 4.69) is 4.98 Å². The average molecular weight is 303 g/mol. The third-order valence-electron chi connectivity index (χ3n) is 3.68. The quantitative estimate of drug-likeness (QED) is 0.918. The average Bonchev–Trinajstić information content (AvgIpc) is 2.69. The van der Waals surface area contributed by atoms with Crippen LogP contribution in [0.1, 0.15) is 30.5 Å². The third kappa shape index (κ3) is 2.99. The Morgan fingerprint density at radius 3 is 2.37 bits per heavy atom. The summed E-state index contributed by atoms with van der Waals surface area (Å²) in [5, 5.41) is 0.793. The van der Waals surface area contributed by atoms with E-state index in [0.29, 0.717) is 28.9 Å². The fourth-order valence-corrected chi connectivity index (χ4v) is 5.60. The molecule has 0 bridgehead atoms. The molecule has 2 N–H and O–H groups in total. The highest BCUT2D eigenvalue weighted by Crippen LogP contribution is 2.29. The predicted molar refractivity (Wildman–Crippen MR) is 76.7 cm³/mol. The lowest BCUT2D eigenvalue weighted by Gasteiger charge is -2.32. The van der Waals surface area contributed by atoms with E-state index in [0.717, 1.165) is 17.8 Å². The van der Waals surface area contributed by atoms with Crippen LogP contribution in [0.15, 0.2) is 4.21 Å². The normalized spacial score (nSPS) is 20.6. The van der Waals surface area contributed by atoms with E-state index in [1.165, 1.54) is 11.3 Å². The van der Waals surface area contributed by atoms with Gasteiger partial charge in [0.25, 0.3) is 10.0 Å². The number of thiazole rings is 1. The van der Waals surface area contributed by atoms with E-state index in [9.17, 15) is 8.42 Å². The fraction of sp³-hybridized carbons (Fsp3) is 0.750. The number of hydrogen-bond donors (Lipinski definition) is 1. The van der Waals surface area contributed by atoms with Gasteiger partial charge in [0, 0.05) is 19.1 Å². The smallest absolute Gasteiger partial charge is 0.254 e. The molecule has 1 aromatic heterocycles. The highest BCUT2D eigenvalue weighted by atomic mass is 32.2. The highest BCUT2D eigenvalue weighted by Gasteiger charge is 2.32. The molecule has 1 saturated heterocycles. The molecular weight excluding hydrogens is 282 g/mol. The lowest BCUT2D eigenvalue weighted by molar-refractivity contribution is 0.251. The summed E-state index contributed by atoms with van der Waals surface area (Å²) in [6, 6.07) is 0.136. The van der Waals surface area contributed by atoms with Crippen LogP contribution < -0.4 is 5.73 Å². The predicted octanol–water partition coefficient (Wildman–Crippen LogP) is 1.51. The lowest BCUT2D eigenvalue weighted by Crippen LogP contribution is -2.42. The van der Waals surface area contributed by atoms with Crippen molar-refractivity contribution < 1.29 is 8.42 Å². The molecule has 0 radical (unpaired) electrons. The Balaban J connectivity index is 2.16. The summed E-state index contributed by atoms with van der Waals surface area (Å²) in [5.41, 5.74) is 6.49. The van der Waals surface area contributed by atoms with Crippen molar-refractivity contribution in [2.24, 2.45) is 11.7 Å². The first-order chi connectivity index (χ1) is 8.82. The summed E-state index contributed by atoms with van der Waals surface area (Å²) in [6.45, 7) is 6.70. The third-order valence-corrected chi connectivity index (χ3v) is 7.24. The number of nitrogens with two attached hydrogens (primary N) is 1. The number of aryl methyl sites for hydroxylation is 2. The van der Waals surface area contributed by atoms with Gasteiger partial charge < -0.3 is 5.73 Å². The molecule has 19 heavy (non-hydrogen) atoms. The van der Waals surface area contributed by atoms with Gasteiger partial charge in [0.1, 0.15) is 0 Å². The van der Waals surface area contributed by atoms with Crippen LogP contribution in [-0.2, 0) is 10.0 Å². The van der Waals surface area contributed by atoms with Gasteiger partial charge in [0.2, 0.25) is 0 Å². The summed E-state index contributed by atoms with van der Waals surface area (Å²) in [7, 11) is -3.37. The summed E-state index contributed by atoms with van der Waals surface area (Å²) < 4.78 is 27.1. The first-order valence-corrected chi connectivity index (χ1v) is 8.78. The summed E-state index contributed by atoms with van der Waals surface area (Å²) in [4.78, 5) is 4.21. The Morgan fingerprint density at radius 2 is 1.95 bits per heavy atom. The molecule has 1 aromatic rings. The van der Waals surface area contributed by atoms with Crippen molar-refractivity contribution in [2.75, 3.05) is 13.1 Å². The molecule has 0 amide bonds. The monoisotopic (exact) mass is 303 g/mol. The molecule has 5 nitrogen and oxygen atoms in total. The Hall–Kier alpha value is -0.500. The summed E-state index contributed by atoms with van der Waals surface area (Å²) in [6.07, 6.45) is 1.68. The second-order valence-electron chi connectivity index (χ2n) is 5.21. The first kappa shape index (κ1) is 14.9. The molecule has 1 unspecified atom stereocenters. The minimum Gasteiger partial charge on any atom is -0.328 e. The van der Waals surface area contributed by atoms with E-state index in [1.807, 2.05) is 13.8 Å². The molecule has 2 rings (SSSR count). The molecule has 7 heteroatoms. The largest absolute Gasteiger partial charge is 0.328 e. The van der Waals surface area contributed by atoms with Gasteiger partial charge >= 0.3 is 0 Å². The van der Waals surface area contributed by atoms with Crippen molar-refractivity contribution in [1.29, 1.82) is 0 Å². The number of piperidine rings is 1. The van der Waals surface area contributed by atoms with Crippen LogP contribution in [0.4, 0.5) is 0 Å². The van der Waals surface area contributed by atoms with Crippen LogP contribution in [0.3, 0.4) is 0 Å². The van der Waals surface area contributed by atoms with Crippen LogP contribution in [0.25, 0.3) is 0 Å². The Morgan fingerprint density at radius 1 is 1.37 bits per heavy atom.